The summed E-state index contributed by atoms with van der Waals surface area (Å²) >= 11 is 0. The molecular formula is C17H22N4O5S. The Morgan fingerprint density at radius 1 is 1.33 bits per heavy atom. The minimum Gasteiger partial charge on any atom is -0.497 e. The van der Waals surface area contributed by atoms with Gasteiger partial charge in [0.25, 0.3) is 10.0 Å². The second-order valence-electron chi connectivity index (χ2n) is 6.17. The van der Waals surface area contributed by atoms with E-state index in [4.69, 9.17) is 9.47 Å². The van der Waals surface area contributed by atoms with Crippen molar-refractivity contribution in [1.82, 2.24) is 14.3 Å². The number of imidazole rings is 1. The fraction of sp³-hybridized carbons (Fsp3) is 0.412. The zero-order valence-corrected chi connectivity index (χ0v) is 16.0. The summed E-state index contributed by atoms with van der Waals surface area (Å²) in [7, 11) is -0.646. The van der Waals surface area contributed by atoms with E-state index in [1.165, 1.54) is 31.0 Å². The van der Waals surface area contributed by atoms with Gasteiger partial charge in [-0.3, -0.25) is 4.79 Å². The van der Waals surface area contributed by atoms with Gasteiger partial charge in [-0.15, -0.1) is 0 Å². The number of benzene rings is 1. The number of methoxy groups -OCH3 is 2. The molecule has 27 heavy (non-hydrogen) atoms. The van der Waals surface area contributed by atoms with Gasteiger partial charge in [-0.2, -0.15) is 4.31 Å². The first-order valence-electron chi connectivity index (χ1n) is 8.47. The predicted molar refractivity (Wildman–Crippen MR) is 98.2 cm³/mol. The number of carbonyl (C=O) groups is 1. The van der Waals surface area contributed by atoms with Crippen molar-refractivity contribution in [2.24, 2.45) is 5.92 Å². The van der Waals surface area contributed by atoms with Crippen molar-refractivity contribution >= 4 is 21.6 Å². The molecule has 1 fully saturated rings. The van der Waals surface area contributed by atoms with Gasteiger partial charge in [0.05, 0.1) is 38.3 Å². The van der Waals surface area contributed by atoms with Crippen LogP contribution >= 0.6 is 0 Å². The molecule has 10 heteroatoms. The zero-order chi connectivity index (χ0) is 19.4. The number of amides is 1. The maximum atomic E-state index is 12.7. The van der Waals surface area contributed by atoms with Gasteiger partial charge in [0.1, 0.15) is 11.5 Å². The van der Waals surface area contributed by atoms with Crippen LogP contribution in [0.3, 0.4) is 0 Å². The summed E-state index contributed by atoms with van der Waals surface area (Å²) in [5.41, 5.74) is 0.482. The molecule has 3 rings (SSSR count). The molecule has 2 aromatic rings. The number of hydrogen-bond donors (Lipinski definition) is 2. The average Bonchev–Trinajstić information content (AvgIpc) is 3.23. The van der Waals surface area contributed by atoms with Crippen molar-refractivity contribution < 1.29 is 22.7 Å². The van der Waals surface area contributed by atoms with E-state index in [9.17, 15) is 13.2 Å². The SMILES string of the molecule is COc1ccc(OC)c(NC(=O)C2CCCN(S(=O)(=O)c3cnc[nH]3)C2)c1. The Bertz CT molecular complexity index is 898. The molecule has 9 nitrogen and oxygen atoms in total. The van der Waals surface area contributed by atoms with E-state index in [1.54, 1.807) is 18.2 Å². The van der Waals surface area contributed by atoms with Gasteiger partial charge in [0.2, 0.25) is 5.91 Å². The average molecular weight is 394 g/mol. The van der Waals surface area contributed by atoms with E-state index in [0.717, 1.165) is 0 Å². The Balaban J connectivity index is 1.74. The lowest BCUT2D eigenvalue weighted by Crippen LogP contribution is -2.43. The van der Waals surface area contributed by atoms with Crippen LogP contribution in [0, 0.1) is 5.92 Å². The maximum Gasteiger partial charge on any atom is 0.260 e. The maximum absolute atomic E-state index is 12.7. The molecule has 1 saturated heterocycles. The van der Waals surface area contributed by atoms with Crippen LogP contribution in [0.25, 0.3) is 0 Å². The van der Waals surface area contributed by atoms with E-state index in [2.05, 4.69) is 15.3 Å². The first-order chi connectivity index (χ1) is 13.0. The summed E-state index contributed by atoms with van der Waals surface area (Å²) in [5.74, 6) is 0.360. The number of carbonyl (C=O) groups excluding carboxylic acids is 1. The quantitative estimate of drug-likeness (QED) is 0.767. The van der Waals surface area contributed by atoms with Crippen molar-refractivity contribution in [3.8, 4) is 11.5 Å². The van der Waals surface area contributed by atoms with Crippen LogP contribution in [-0.2, 0) is 14.8 Å². The van der Waals surface area contributed by atoms with Gasteiger partial charge in [-0.05, 0) is 25.0 Å². The number of nitrogens with zero attached hydrogens (tertiary/aromatic N) is 2. The molecule has 1 aromatic heterocycles. The predicted octanol–water partition coefficient (Wildman–Crippen LogP) is 1.47. The number of rotatable bonds is 6. The molecule has 146 valence electrons. The summed E-state index contributed by atoms with van der Waals surface area (Å²) in [6, 6.07) is 5.09. The van der Waals surface area contributed by atoms with Crippen molar-refractivity contribution in [2.75, 3.05) is 32.6 Å². The van der Waals surface area contributed by atoms with Gasteiger partial charge in [-0.1, -0.05) is 0 Å². The molecule has 2 N–H and O–H groups in total. The van der Waals surface area contributed by atoms with Crippen LogP contribution in [0.2, 0.25) is 0 Å². The Hall–Kier alpha value is -2.59. The van der Waals surface area contributed by atoms with Gasteiger partial charge in [0, 0.05) is 19.2 Å². The monoisotopic (exact) mass is 394 g/mol. The molecule has 1 aliphatic heterocycles. The van der Waals surface area contributed by atoms with E-state index in [-0.39, 0.29) is 17.5 Å². The molecule has 2 heterocycles. The molecule has 0 radical (unpaired) electrons. The summed E-state index contributed by atoms with van der Waals surface area (Å²) in [4.78, 5) is 19.1. The van der Waals surface area contributed by atoms with Crippen LogP contribution in [0.5, 0.6) is 11.5 Å². The number of aromatic nitrogens is 2. The van der Waals surface area contributed by atoms with E-state index in [1.807, 2.05) is 0 Å². The number of anilines is 1. The van der Waals surface area contributed by atoms with Gasteiger partial charge in [-0.25, -0.2) is 13.4 Å². The van der Waals surface area contributed by atoms with Crippen molar-refractivity contribution in [1.29, 1.82) is 0 Å². The topological polar surface area (TPSA) is 114 Å². The fourth-order valence-corrected chi connectivity index (χ4v) is 4.46. The number of sulfonamides is 1. The second-order valence-corrected chi connectivity index (χ2v) is 8.08. The number of hydrogen-bond acceptors (Lipinski definition) is 6. The second kappa shape index (κ2) is 7.97. The molecule has 1 atom stereocenters. The summed E-state index contributed by atoms with van der Waals surface area (Å²) in [5, 5.41) is 2.85. The summed E-state index contributed by atoms with van der Waals surface area (Å²) in [6.45, 7) is 0.479. The van der Waals surface area contributed by atoms with Crippen molar-refractivity contribution in [3.63, 3.8) is 0 Å². The highest BCUT2D eigenvalue weighted by Gasteiger charge is 2.34. The third kappa shape index (κ3) is 4.06. The molecule has 1 unspecified atom stereocenters. The van der Waals surface area contributed by atoms with Crippen LogP contribution in [0.1, 0.15) is 12.8 Å². The van der Waals surface area contributed by atoms with Gasteiger partial charge in [0.15, 0.2) is 5.03 Å². The van der Waals surface area contributed by atoms with Crippen molar-refractivity contribution in [3.05, 3.63) is 30.7 Å². The highest BCUT2D eigenvalue weighted by molar-refractivity contribution is 7.89. The lowest BCUT2D eigenvalue weighted by Gasteiger charge is -2.30. The highest BCUT2D eigenvalue weighted by atomic mass is 32.2. The molecule has 1 amide bonds. The van der Waals surface area contributed by atoms with Crippen LogP contribution < -0.4 is 14.8 Å². The van der Waals surface area contributed by atoms with E-state index >= 15 is 0 Å². The first kappa shape index (κ1) is 19.2. The minimum atomic E-state index is -3.69. The Kier molecular flexibility index (Phi) is 5.66. The normalized spacial score (nSPS) is 18.1. The number of aromatic amines is 1. The number of nitrogens with one attached hydrogen (secondary N) is 2. The molecular weight excluding hydrogens is 372 g/mol. The Labute approximate surface area is 157 Å². The van der Waals surface area contributed by atoms with Crippen LogP contribution in [0.15, 0.2) is 35.7 Å². The third-order valence-electron chi connectivity index (χ3n) is 4.51. The smallest absolute Gasteiger partial charge is 0.260 e. The Morgan fingerprint density at radius 2 is 2.15 bits per heavy atom. The fourth-order valence-electron chi connectivity index (χ4n) is 3.04. The standard InChI is InChI=1S/C17H22N4O5S/c1-25-13-5-6-15(26-2)14(8-13)20-17(22)12-4-3-7-21(10-12)27(23,24)16-9-18-11-19-16/h5-6,8-9,11-12H,3-4,7,10H2,1-2H3,(H,18,19)(H,20,22). The minimum absolute atomic E-state index is 0.0259. The highest BCUT2D eigenvalue weighted by Crippen LogP contribution is 2.30. The lowest BCUT2D eigenvalue weighted by atomic mass is 9.98. The summed E-state index contributed by atoms with van der Waals surface area (Å²) < 4.78 is 37.1. The molecule has 0 spiro atoms. The molecule has 1 aromatic carbocycles. The summed E-state index contributed by atoms with van der Waals surface area (Å²) in [6.07, 6.45) is 3.78. The number of H-pyrrole nitrogens is 1. The van der Waals surface area contributed by atoms with Crippen LogP contribution in [0.4, 0.5) is 5.69 Å². The van der Waals surface area contributed by atoms with E-state index in [0.29, 0.717) is 36.6 Å². The molecule has 0 bridgehead atoms. The largest absolute Gasteiger partial charge is 0.497 e. The first-order valence-corrected chi connectivity index (χ1v) is 9.91. The third-order valence-corrected chi connectivity index (χ3v) is 6.30. The molecule has 0 saturated carbocycles. The van der Waals surface area contributed by atoms with Crippen molar-refractivity contribution in [2.45, 2.75) is 17.9 Å². The van der Waals surface area contributed by atoms with Gasteiger partial charge >= 0.3 is 0 Å². The number of piperidine rings is 1. The van der Waals surface area contributed by atoms with E-state index < -0.39 is 15.9 Å². The Morgan fingerprint density at radius 3 is 2.81 bits per heavy atom. The zero-order valence-electron chi connectivity index (χ0n) is 15.1. The number of ether oxygens (including phenoxy) is 2. The molecule has 0 aliphatic carbocycles. The van der Waals surface area contributed by atoms with Crippen LogP contribution in [-0.4, -0.2) is 55.9 Å². The molecule has 1 aliphatic rings. The lowest BCUT2D eigenvalue weighted by molar-refractivity contribution is -0.120. The van der Waals surface area contributed by atoms with Gasteiger partial charge < -0.3 is 19.8 Å².